The van der Waals surface area contributed by atoms with Crippen LogP contribution in [0.4, 0.5) is 4.39 Å². The molecule has 1 saturated carbocycles. The molecule has 4 nitrogen and oxygen atoms in total. The summed E-state index contributed by atoms with van der Waals surface area (Å²) in [6.07, 6.45) is 4.21. The van der Waals surface area contributed by atoms with Crippen LogP contribution in [0, 0.1) is 11.7 Å². The Bertz CT molecular complexity index is 853. The number of carbonyl (C=O) groups excluding carboxylic acids is 1. The Kier molecular flexibility index (Phi) is 5.11. The van der Waals surface area contributed by atoms with Crippen LogP contribution in [0.1, 0.15) is 54.1 Å². The fraction of sp³-hybridized carbons (Fsp3) is 0.435. The zero-order valence-electron chi connectivity index (χ0n) is 16.1. The number of benzene rings is 2. The summed E-state index contributed by atoms with van der Waals surface area (Å²) in [5, 5.41) is 11.3. The Balaban J connectivity index is 1.76. The lowest BCUT2D eigenvalue weighted by Crippen LogP contribution is -2.56. The number of fused-ring (bicyclic) bond motifs is 1. The van der Waals surface area contributed by atoms with E-state index in [0.29, 0.717) is 24.3 Å². The SMILES string of the molecule is COc1ccccc1C(=O)N1CC[C@]2(O)CCCCC2C1c1ccc(F)cc1. The Hall–Kier alpha value is -2.40. The van der Waals surface area contributed by atoms with Crippen LogP contribution in [0.25, 0.3) is 0 Å². The van der Waals surface area contributed by atoms with Gasteiger partial charge in [-0.3, -0.25) is 4.79 Å². The molecule has 1 amide bonds. The number of rotatable bonds is 3. The topological polar surface area (TPSA) is 49.8 Å². The first-order valence-corrected chi connectivity index (χ1v) is 9.95. The van der Waals surface area contributed by atoms with Crippen LogP contribution in [0.15, 0.2) is 48.5 Å². The Morgan fingerprint density at radius 2 is 1.89 bits per heavy atom. The van der Waals surface area contributed by atoms with Gasteiger partial charge in [0.1, 0.15) is 11.6 Å². The van der Waals surface area contributed by atoms with Gasteiger partial charge in [-0.25, -0.2) is 4.39 Å². The molecule has 2 unspecified atom stereocenters. The zero-order valence-corrected chi connectivity index (χ0v) is 16.1. The summed E-state index contributed by atoms with van der Waals surface area (Å²) in [5.74, 6) is 0.0643. The predicted molar refractivity (Wildman–Crippen MR) is 105 cm³/mol. The van der Waals surface area contributed by atoms with Crippen LogP contribution in [0.3, 0.4) is 0 Å². The first kappa shape index (κ1) is 18.9. The number of hydrogen-bond donors (Lipinski definition) is 1. The number of halogens is 1. The summed E-state index contributed by atoms with van der Waals surface area (Å²) >= 11 is 0. The highest BCUT2D eigenvalue weighted by atomic mass is 19.1. The third-order valence-electron chi connectivity index (χ3n) is 6.38. The van der Waals surface area contributed by atoms with Crippen molar-refractivity contribution in [2.75, 3.05) is 13.7 Å². The number of piperidine rings is 1. The molecule has 1 heterocycles. The van der Waals surface area contributed by atoms with Crippen LogP contribution in [-0.2, 0) is 0 Å². The Morgan fingerprint density at radius 1 is 1.14 bits per heavy atom. The largest absolute Gasteiger partial charge is 0.496 e. The van der Waals surface area contributed by atoms with E-state index >= 15 is 0 Å². The molecule has 2 aromatic carbocycles. The monoisotopic (exact) mass is 383 g/mol. The molecule has 2 aromatic rings. The average Bonchev–Trinajstić information content (AvgIpc) is 2.72. The Morgan fingerprint density at radius 3 is 2.64 bits per heavy atom. The molecule has 3 atom stereocenters. The fourth-order valence-electron chi connectivity index (χ4n) is 4.96. The normalized spacial score (nSPS) is 27.2. The number of carbonyl (C=O) groups is 1. The van der Waals surface area contributed by atoms with Gasteiger partial charge in [0, 0.05) is 12.5 Å². The van der Waals surface area contributed by atoms with E-state index in [0.717, 1.165) is 31.2 Å². The van der Waals surface area contributed by atoms with Crippen molar-refractivity contribution in [2.45, 2.75) is 43.7 Å². The lowest BCUT2D eigenvalue weighted by molar-refractivity contribution is -0.115. The van der Waals surface area contributed by atoms with Crippen molar-refractivity contribution in [3.63, 3.8) is 0 Å². The number of ether oxygens (including phenoxy) is 1. The van der Waals surface area contributed by atoms with E-state index in [4.69, 9.17) is 4.74 Å². The summed E-state index contributed by atoms with van der Waals surface area (Å²) in [7, 11) is 1.56. The van der Waals surface area contributed by atoms with Crippen molar-refractivity contribution in [3.8, 4) is 5.75 Å². The van der Waals surface area contributed by atoms with E-state index < -0.39 is 5.60 Å². The second-order valence-electron chi connectivity index (χ2n) is 7.90. The second kappa shape index (κ2) is 7.55. The highest BCUT2D eigenvalue weighted by molar-refractivity contribution is 5.97. The van der Waals surface area contributed by atoms with Crippen LogP contribution in [-0.4, -0.2) is 35.2 Å². The first-order valence-electron chi connectivity index (χ1n) is 9.95. The van der Waals surface area contributed by atoms with Crippen LogP contribution in [0.2, 0.25) is 0 Å². The quantitative estimate of drug-likeness (QED) is 0.858. The second-order valence-corrected chi connectivity index (χ2v) is 7.90. The van der Waals surface area contributed by atoms with E-state index in [1.165, 1.54) is 12.1 Å². The highest BCUT2D eigenvalue weighted by Gasteiger charge is 2.50. The minimum Gasteiger partial charge on any atom is -0.496 e. The maximum Gasteiger partial charge on any atom is 0.258 e. The first-order chi connectivity index (χ1) is 13.5. The van der Waals surface area contributed by atoms with E-state index in [-0.39, 0.29) is 23.7 Å². The summed E-state index contributed by atoms with van der Waals surface area (Å²) in [6, 6.07) is 13.3. The molecule has 0 spiro atoms. The molecule has 1 saturated heterocycles. The molecule has 1 aliphatic carbocycles. The van der Waals surface area contributed by atoms with Crippen molar-refractivity contribution in [2.24, 2.45) is 5.92 Å². The number of likely N-dealkylation sites (tertiary alicyclic amines) is 1. The zero-order chi connectivity index (χ0) is 19.7. The molecule has 1 aliphatic heterocycles. The summed E-state index contributed by atoms with van der Waals surface area (Å²) < 4.78 is 18.9. The fourth-order valence-corrected chi connectivity index (χ4v) is 4.96. The molecule has 148 valence electrons. The van der Waals surface area contributed by atoms with Crippen LogP contribution in [0.5, 0.6) is 5.75 Å². The summed E-state index contributed by atoms with van der Waals surface area (Å²) in [6.45, 7) is 0.464. The molecule has 0 bridgehead atoms. The summed E-state index contributed by atoms with van der Waals surface area (Å²) in [5.41, 5.74) is 0.613. The van der Waals surface area contributed by atoms with E-state index in [2.05, 4.69) is 0 Å². The summed E-state index contributed by atoms with van der Waals surface area (Å²) in [4.78, 5) is 15.3. The molecular formula is C23H26FNO3. The highest BCUT2D eigenvalue weighted by Crippen LogP contribution is 2.49. The molecule has 2 fully saturated rings. The maximum absolute atomic E-state index is 13.5. The van der Waals surface area contributed by atoms with Crippen LogP contribution >= 0.6 is 0 Å². The molecule has 28 heavy (non-hydrogen) atoms. The van der Waals surface area contributed by atoms with Gasteiger partial charge < -0.3 is 14.7 Å². The molecular weight excluding hydrogens is 357 g/mol. The van der Waals surface area contributed by atoms with Gasteiger partial charge in [-0.1, -0.05) is 37.1 Å². The molecule has 0 radical (unpaired) electrons. The minimum atomic E-state index is -0.769. The van der Waals surface area contributed by atoms with Gasteiger partial charge in [0.2, 0.25) is 0 Å². The van der Waals surface area contributed by atoms with Crippen LogP contribution < -0.4 is 4.74 Å². The molecule has 5 heteroatoms. The van der Waals surface area contributed by atoms with Gasteiger partial charge >= 0.3 is 0 Å². The van der Waals surface area contributed by atoms with Gasteiger partial charge in [0.05, 0.1) is 24.3 Å². The molecule has 4 rings (SSSR count). The number of methoxy groups -OCH3 is 1. The molecule has 0 aromatic heterocycles. The van der Waals surface area contributed by atoms with Crippen molar-refractivity contribution in [1.29, 1.82) is 0 Å². The van der Waals surface area contributed by atoms with E-state index in [1.807, 2.05) is 17.0 Å². The smallest absolute Gasteiger partial charge is 0.258 e. The maximum atomic E-state index is 13.5. The molecule has 1 N–H and O–H groups in total. The van der Waals surface area contributed by atoms with E-state index in [9.17, 15) is 14.3 Å². The number of hydrogen-bond acceptors (Lipinski definition) is 3. The van der Waals surface area contributed by atoms with Gasteiger partial charge in [-0.15, -0.1) is 0 Å². The van der Waals surface area contributed by atoms with Crippen molar-refractivity contribution < 1.29 is 19.0 Å². The van der Waals surface area contributed by atoms with Gasteiger partial charge in [0.25, 0.3) is 5.91 Å². The average molecular weight is 383 g/mol. The van der Waals surface area contributed by atoms with Crippen molar-refractivity contribution in [1.82, 2.24) is 4.90 Å². The third-order valence-corrected chi connectivity index (χ3v) is 6.38. The third kappa shape index (κ3) is 3.28. The van der Waals surface area contributed by atoms with Gasteiger partial charge in [-0.2, -0.15) is 0 Å². The van der Waals surface area contributed by atoms with Gasteiger partial charge in [-0.05, 0) is 49.1 Å². The Labute approximate surface area is 164 Å². The lowest BCUT2D eigenvalue weighted by atomic mass is 9.66. The standard InChI is InChI=1S/C23H26FNO3/c1-28-20-8-3-2-6-18(20)22(26)25-15-14-23(27)13-5-4-7-19(23)21(25)16-9-11-17(24)12-10-16/h2-3,6,8-12,19,21,27H,4-5,7,13-15H2,1H3/t19?,21?,23-/m1/s1. The number of aliphatic hydroxyl groups is 1. The van der Waals surface area contributed by atoms with E-state index in [1.54, 1.807) is 31.4 Å². The molecule has 2 aliphatic rings. The predicted octanol–water partition coefficient (Wildman–Crippen LogP) is 4.34. The number of amides is 1. The number of nitrogens with zero attached hydrogens (tertiary/aromatic N) is 1. The van der Waals surface area contributed by atoms with Crippen molar-refractivity contribution in [3.05, 3.63) is 65.5 Å². The van der Waals surface area contributed by atoms with Gasteiger partial charge in [0.15, 0.2) is 0 Å². The van der Waals surface area contributed by atoms with Crippen molar-refractivity contribution >= 4 is 5.91 Å². The minimum absolute atomic E-state index is 0.0564. The number of para-hydroxylation sites is 1. The lowest BCUT2D eigenvalue weighted by Gasteiger charge is -2.52.